The zero-order chi connectivity index (χ0) is 16.5. The Bertz CT molecular complexity index is 694. The van der Waals surface area contributed by atoms with Crippen molar-refractivity contribution >= 4 is 5.91 Å². The third-order valence-corrected chi connectivity index (χ3v) is 5.22. The van der Waals surface area contributed by atoms with Crippen LogP contribution in [0.5, 0.6) is 0 Å². The Hall–Kier alpha value is -2.21. The van der Waals surface area contributed by atoms with E-state index in [4.69, 9.17) is 0 Å². The lowest BCUT2D eigenvalue weighted by Gasteiger charge is -2.15. The third-order valence-electron chi connectivity index (χ3n) is 5.22. The van der Waals surface area contributed by atoms with Gasteiger partial charge in [0, 0.05) is 23.9 Å². The van der Waals surface area contributed by atoms with E-state index in [1.54, 1.807) is 0 Å². The average Bonchev–Trinajstić information content (AvgIpc) is 3.17. The van der Waals surface area contributed by atoms with Crippen LogP contribution in [0.4, 0.5) is 0 Å². The quantitative estimate of drug-likeness (QED) is 0.783. The van der Waals surface area contributed by atoms with Gasteiger partial charge in [0.1, 0.15) is 12.2 Å². The molecule has 1 aromatic carbocycles. The van der Waals surface area contributed by atoms with Crippen molar-refractivity contribution in [2.45, 2.75) is 43.6 Å². The van der Waals surface area contributed by atoms with Crippen molar-refractivity contribution in [2.75, 3.05) is 6.54 Å². The predicted octanol–water partition coefficient (Wildman–Crippen LogP) is 1.97. The fourth-order valence-electron chi connectivity index (χ4n) is 3.61. The monoisotopic (exact) mass is 326 g/mol. The second-order valence-corrected chi connectivity index (χ2v) is 6.97. The van der Waals surface area contributed by atoms with Crippen molar-refractivity contribution in [3.05, 3.63) is 47.5 Å². The maximum atomic E-state index is 12.3. The first kappa shape index (κ1) is 15.3. The number of aliphatic hydroxyl groups is 1. The van der Waals surface area contributed by atoms with E-state index in [2.05, 4.69) is 32.6 Å². The van der Waals surface area contributed by atoms with Crippen LogP contribution >= 0.6 is 0 Å². The first-order valence-electron chi connectivity index (χ1n) is 8.62. The third kappa shape index (κ3) is 3.19. The van der Waals surface area contributed by atoms with E-state index in [9.17, 15) is 9.90 Å². The Morgan fingerprint density at radius 1 is 1.21 bits per heavy atom. The lowest BCUT2D eigenvalue weighted by Crippen LogP contribution is -2.32. The molecule has 1 heterocycles. The summed E-state index contributed by atoms with van der Waals surface area (Å²) in [5.41, 5.74) is 2.01. The average molecular weight is 326 g/mol. The Morgan fingerprint density at radius 3 is 2.67 bits per heavy atom. The van der Waals surface area contributed by atoms with Crippen LogP contribution in [0.2, 0.25) is 0 Å². The van der Waals surface area contributed by atoms with E-state index < -0.39 is 6.10 Å². The maximum absolute atomic E-state index is 12.3. The molecule has 3 atom stereocenters. The van der Waals surface area contributed by atoms with Crippen molar-refractivity contribution in [3.63, 3.8) is 0 Å². The van der Waals surface area contributed by atoms with Crippen LogP contribution < -0.4 is 5.32 Å². The zero-order valence-corrected chi connectivity index (χ0v) is 13.5. The molecule has 0 saturated heterocycles. The SMILES string of the molecule is O=C(NC[C@@H]1C[C@@H](c2ncn[nH]2)C[C@@H]1O)c1ccc(C2CC2)cc1. The number of hydrogen-bond donors (Lipinski definition) is 3. The molecule has 6 nitrogen and oxygen atoms in total. The number of hydrogen-bond acceptors (Lipinski definition) is 4. The van der Waals surface area contributed by atoms with Crippen molar-refractivity contribution in [2.24, 2.45) is 5.92 Å². The minimum atomic E-state index is -0.419. The van der Waals surface area contributed by atoms with Gasteiger partial charge in [-0.25, -0.2) is 4.98 Å². The molecule has 1 amide bonds. The first-order chi connectivity index (χ1) is 11.7. The summed E-state index contributed by atoms with van der Waals surface area (Å²) in [6.07, 6.45) is 5.05. The van der Waals surface area contributed by atoms with Crippen LogP contribution in [-0.2, 0) is 0 Å². The molecule has 0 radical (unpaired) electrons. The van der Waals surface area contributed by atoms with Gasteiger partial charge in [0.25, 0.3) is 5.91 Å². The van der Waals surface area contributed by atoms with Gasteiger partial charge in [0.15, 0.2) is 0 Å². The zero-order valence-electron chi connectivity index (χ0n) is 13.5. The molecular weight excluding hydrogens is 304 g/mol. The molecule has 6 heteroatoms. The van der Waals surface area contributed by atoms with Gasteiger partial charge < -0.3 is 10.4 Å². The molecule has 2 fully saturated rings. The highest BCUT2D eigenvalue weighted by molar-refractivity contribution is 5.94. The van der Waals surface area contributed by atoms with E-state index in [-0.39, 0.29) is 17.7 Å². The summed E-state index contributed by atoms with van der Waals surface area (Å²) in [4.78, 5) is 16.5. The number of aromatic nitrogens is 3. The number of carbonyl (C=O) groups excluding carboxylic acids is 1. The fraction of sp³-hybridized carbons (Fsp3) is 0.500. The second kappa shape index (κ2) is 6.36. The van der Waals surface area contributed by atoms with E-state index in [0.29, 0.717) is 24.4 Å². The number of amides is 1. The van der Waals surface area contributed by atoms with Gasteiger partial charge in [-0.15, -0.1) is 0 Å². The van der Waals surface area contributed by atoms with Gasteiger partial charge in [-0.3, -0.25) is 9.89 Å². The molecule has 1 aromatic heterocycles. The molecule has 0 bridgehead atoms. The largest absolute Gasteiger partial charge is 0.393 e. The van der Waals surface area contributed by atoms with E-state index in [0.717, 1.165) is 12.2 Å². The molecule has 2 saturated carbocycles. The smallest absolute Gasteiger partial charge is 0.251 e. The van der Waals surface area contributed by atoms with Gasteiger partial charge in [0.05, 0.1) is 6.10 Å². The normalized spacial score (nSPS) is 26.5. The van der Waals surface area contributed by atoms with Gasteiger partial charge in [0.2, 0.25) is 0 Å². The number of nitrogens with zero attached hydrogens (tertiary/aromatic N) is 2. The topological polar surface area (TPSA) is 90.9 Å². The number of carbonyl (C=O) groups is 1. The number of nitrogens with one attached hydrogen (secondary N) is 2. The van der Waals surface area contributed by atoms with E-state index in [1.165, 1.54) is 24.7 Å². The van der Waals surface area contributed by atoms with Crippen LogP contribution in [-0.4, -0.2) is 38.8 Å². The molecule has 126 valence electrons. The van der Waals surface area contributed by atoms with Crippen molar-refractivity contribution in [1.82, 2.24) is 20.5 Å². The molecule has 0 spiro atoms. The number of H-pyrrole nitrogens is 1. The van der Waals surface area contributed by atoms with E-state index >= 15 is 0 Å². The van der Waals surface area contributed by atoms with E-state index in [1.807, 2.05) is 12.1 Å². The minimum Gasteiger partial charge on any atom is -0.393 e. The number of aromatic amines is 1. The molecule has 3 N–H and O–H groups in total. The molecular formula is C18H22N4O2. The Balaban J connectivity index is 1.31. The molecule has 24 heavy (non-hydrogen) atoms. The maximum Gasteiger partial charge on any atom is 0.251 e. The lowest BCUT2D eigenvalue weighted by atomic mass is 10.0. The highest BCUT2D eigenvalue weighted by atomic mass is 16.3. The standard InChI is InChI=1S/C18H22N4O2/c23-16-8-14(17-20-10-21-22-17)7-15(16)9-19-18(24)13-5-3-12(4-6-13)11-1-2-11/h3-6,10-11,14-16,23H,1-2,7-9H2,(H,19,24)(H,20,21,22)/t14-,15+,16+/m1/s1. The number of rotatable bonds is 5. The molecule has 0 unspecified atom stereocenters. The minimum absolute atomic E-state index is 0.0507. The molecule has 2 aromatic rings. The van der Waals surface area contributed by atoms with Crippen LogP contribution in [0.15, 0.2) is 30.6 Å². The highest BCUT2D eigenvalue weighted by Gasteiger charge is 2.35. The Morgan fingerprint density at radius 2 is 2.00 bits per heavy atom. The van der Waals surface area contributed by atoms with Gasteiger partial charge in [-0.2, -0.15) is 5.10 Å². The van der Waals surface area contributed by atoms with Crippen LogP contribution in [0.1, 0.15) is 59.3 Å². The summed E-state index contributed by atoms with van der Waals surface area (Å²) in [5, 5.41) is 19.9. The van der Waals surface area contributed by atoms with Gasteiger partial charge in [-0.1, -0.05) is 12.1 Å². The molecule has 2 aliphatic carbocycles. The lowest BCUT2D eigenvalue weighted by molar-refractivity contribution is 0.0916. The molecule has 4 rings (SSSR count). The summed E-state index contributed by atoms with van der Waals surface area (Å²) in [7, 11) is 0. The fourth-order valence-corrected chi connectivity index (χ4v) is 3.61. The number of aliphatic hydroxyl groups excluding tert-OH is 1. The van der Waals surface area contributed by atoms with Gasteiger partial charge >= 0.3 is 0 Å². The second-order valence-electron chi connectivity index (χ2n) is 6.97. The number of benzene rings is 1. The van der Waals surface area contributed by atoms with Crippen molar-refractivity contribution in [3.8, 4) is 0 Å². The summed E-state index contributed by atoms with van der Waals surface area (Å²) in [6.45, 7) is 0.481. The van der Waals surface area contributed by atoms with Crippen molar-refractivity contribution in [1.29, 1.82) is 0 Å². The molecule has 2 aliphatic rings. The summed E-state index contributed by atoms with van der Waals surface area (Å²) >= 11 is 0. The van der Waals surface area contributed by atoms with Crippen LogP contribution in [0, 0.1) is 5.92 Å². The summed E-state index contributed by atoms with van der Waals surface area (Å²) in [5.74, 6) is 1.67. The van der Waals surface area contributed by atoms with Crippen molar-refractivity contribution < 1.29 is 9.90 Å². The first-order valence-corrected chi connectivity index (χ1v) is 8.62. The summed E-state index contributed by atoms with van der Waals surface area (Å²) < 4.78 is 0. The highest BCUT2D eigenvalue weighted by Crippen LogP contribution is 2.40. The van der Waals surface area contributed by atoms with Crippen LogP contribution in [0.3, 0.4) is 0 Å². The van der Waals surface area contributed by atoms with Gasteiger partial charge in [-0.05, 0) is 49.3 Å². The predicted molar refractivity (Wildman–Crippen MR) is 88.6 cm³/mol. The Kier molecular flexibility index (Phi) is 4.06. The Labute approximate surface area is 140 Å². The van der Waals surface area contributed by atoms with Crippen LogP contribution in [0.25, 0.3) is 0 Å². The molecule has 0 aliphatic heterocycles. The summed E-state index contributed by atoms with van der Waals surface area (Å²) in [6, 6.07) is 7.89.